The fourth-order valence-corrected chi connectivity index (χ4v) is 2.33. The molecule has 0 aliphatic carbocycles. The van der Waals surface area contributed by atoms with Gasteiger partial charge in [0.15, 0.2) is 0 Å². The molecule has 0 spiro atoms. The number of ether oxygens (including phenoxy) is 1. The number of piperidine rings is 1. The zero-order chi connectivity index (χ0) is 13.0. The highest BCUT2D eigenvalue weighted by Crippen LogP contribution is 2.27. The minimum absolute atomic E-state index is 0.0673. The second-order valence-electron chi connectivity index (χ2n) is 4.36. The van der Waals surface area contributed by atoms with Crippen LogP contribution in [0.5, 0.6) is 5.75 Å². The van der Waals surface area contributed by atoms with Crippen molar-refractivity contribution in [3.63, 3.8) is 0 Å². The van der Waals surface area contributed by atoms with Crippen molar-refractivity contribution in [2.75, 3.05) is 25.5 Å². The van der Waals surface area contributed by atoms with Crippen molar-refractivity contribution in [1.29, 1.82) is 0 Å². The van der Waals surface area contributed by atoms with Gasteiger partial charge in [0.05, 0.1) is 12.1 Å². The molecule has 2 N–H and O–H groups in total. The lowest BCUT2D eigenvalue weighted by Gasteiger charge is -2.21. The number of halogens is 1. The molecule has 0 bridgehead atoms. The monoisotopic (exact) mass is 268 g/mol. The summed E-state index contributed by atoms with van der Waals surface area (Å²) in [6, 6.07) is 5.25. The summed E-state index contributed by atoms with van der Waals surface area (Å²) < 4.78 is 5.07. The lowest BCUT2D eigenvalue weighted by molar-refractivity contribution is -0.120. The lowest BCUT2D eigenvalue weighted by atomic mass is 9.97. The zero-order valence-corrected chi connectivity index (χ0v) is 11.1. The van der Waals surface area contributed by atoms with Crippen LogP contribution < -0.4 is 15.4 Å². The summed E-state index contributed by atoms with van der Waals surface area (Å²) >= 11 is 6.01. The van der Waals surface area contributed by atoms with E-state index in [1.54, 1.807) is 25.3 Å². The molecule has 1 aromatic carbocycles. The molecule has 5 heteroatoms. The van der Waals surface area contributed by atoms with E-state index in [-0.39, 0.29) is 11.8 Å². The highest BCUT2D eigenvalue weighted by molar-refractivity contribution is 6.32. The number of carbonyl (C=O) groups is 1. The van der Waals surface area contributed by atoms with Crippen LogP contribution in [-0.2, 0) is 4.79 Å². The molecule has 0 atom stereocenters. The summed E-state index contributed by atoms with van der Waals surface area (Å²) in [6.07, 6.45) is 1.77. The number of amides is 1. The summed E-state index contributed by atoms with van der Waals surface area (Å²) in [4.78, 5) is 12.0. The highest BCUT2D eigenvalue weighted by Gasteiger charge is 2.20. The molecule has 1 aromatic rings. The fourth-order valence-electron chi connectivity index (χ4n) is 2.07. The molecule has 0 radical (unpaired) electrons. The van der Waals surface area contributed by atoms with Crippen LogP contribution in [0.15, 0.2) is 18.2 Å². The van der Waals surface area contributed by atoms with Crippen molar-refractivity contribution < 1.29 is 9.53 Å². The van der Waals surface area contributed by atoms with Crippen LogP contribution in [0.1, 0.15) is 12.8 Å². The Morgan fingerprint density at radius 1 is 1.44 bits per heavy atom. The van der Waals surface area contributed by atoms with Crippen molar-refractivity contribution in [1.82, 2.24) is 5.32 Å². The summed E-state index contributed by atoms with van der Waals surface area (Å²) in [7, 11) is 1.56. The first-order valence-corrected chi connectivity index (χ1v) is 6.43. The van der Waals surface area contributed by atoms with E-state index in [2.05, 4.69) is 10.6 Å². The van der Waals surface area contributed by atoms with Crippen molar-refractivity contribution in [3.8, 4) is 5.75 Å². The van der Waals surface area contributed by atoms with Gasteiger partial charge in [0.2, 0.25) is 5.91 Å². The quantitative estimate of drug-likeness (QED) is 0.884. The zero-order valence-electron chi connectivity index (χ0n) is 10.3. The van der Waals surface area contributed by atoms with E-state index in [1.807, 2.05) is 0 Å². The van der Waals surface area contributed by atoms with E-state index in [1.165, 1.54) is 0 Å². The average molecular weight is 269 g/mol. The number of methoxy groups -OCH3 is 1. The van der Waals surface area contributed by atoms with E-state index in [0.717, 1.165) is 25.9 Å². The van der Waals surface area contributed by atoms with Crippen LogP contribution in [0.3, 0.4) is 0 Å². The van der Waals surface area contributed by atoms with Crippen LogP contribution >= 0.6 is 11.6 Å². The number of rotatable bonds is 3. The van der Waals surface area contributed by atoms with Crippen LogP contribution in [0.4, 0.5) is 5.69 Å². The molecule has 0 unspecified atom stereocenters. The van der Waals surface area contributed by atoms with Crippen molar-refractivity contribution in [2.24, 2.45) is 5.92 Å². The molecule has 1 heterocycles. The predicted molar refractivity (Wildman–Crippen MR) is 72.2 cm³/mol. The number of hydrogen-bond donors (Lipinski definition) is 2. The summed E-state index contributed by atoms with van der Waals surface area (Å²) in [6.45, 7) is 1.81. The SMILES string of the molecule is COc1ccc(NC(=O)C2CCNCC2)cc1Cl. The van der Waals surface area contributed by atoms with E-state index < -0.39 is 0 Å². The van der Waals surface area contributed by atoms with Gasteiger partial charge in [-0.2, -0.15) is 0 Å². The minimum atomic E-state index is 0.0673. The molecular formula is C13H17ClN2O2. The normalized spacial score (nSPS) is 16.3. The fraction of sp³-hybridized carbons (Fsp3) is 0.462. The Hall–Kier alpha value is -1.26. The van der Waals surface area contributed by atoms with Crippen molar-refractivity contribution >= 4 is 23.2 Å². The van der Waals surface area contributed by atoms with Gasteiger partial charge in [0.25, 0.3) is 0 Å². The molecule has 1 amide bonds. The van der Waals surface area contributed by atoms with Crippen LogP contribution in [0.2, 0.25) is 5.02 Å². The Balaban J connectivity index is 2.00. The minimum Gasteiger partial charge on any atom is -0.495 e. The molecule has 1 saturated heterocycles. The van der Waals surface area contributed by atoms with E-state index in [0.29, 0.717) is 16.5 Å². The van der Waals surface area contributed by atoms with E-state index in [9.17, 15) is 4.79 Å². The van der Waals surface area contributed by atoms with Gasteiger partial charge in [0, 0.05) is 11.6 Å². The Kier molecular flexibility index (Phi) is 4.44. The van der Waals surface area contributed by atoms with Crippen LogP contribution in [0, 0.1) is 5.92 Å². The standard InChI is InChI=1S/C13H17ClN2O2/c1-18-12-3-2-10(8-11(12)14)16-13(17)9-4-6-15-7-5-9/h2-3,8-9,15H,4-7H2,1H3,(H,16,17). The average Bonchev–Trinajstić information content (AvgIpc) is 2.40. The van der Waals surface area contributed by atoms with Gasteiger partial charge >= 0.3 is 0 Å². The molecule has 1 fully saturated rings. The molecule has 1 aliphatic rings. The third kappa shape index (κ3) is 3.15. The van der Waals surface area contributed by atoms with Crippen molar-refractivity contribution in [2.45, 2.75) is 12.8 Å². The molecule has 0 saturated carbocycles. The second kappa shape index (κ2) is 6.07. The number of anilines is 1. The Morgan fingerprint density at radius 3 is 2.78 bits per heavy atom. The van der Waals surface area contributed by atoms with Crippen LogP contribution in [0.25, 0.3) is 0 Å². The molecule has 0 aromatic heterocycles. The molecule has 98 valence electrons. The molecule has 18 heavy (non-hydrogen) atoms. The lowest BCUT2D eigenvalue weighted by Crippen LogP contribution is -2.34. The third-order valence-electron chi connectivity index (χ3n) is 3.13. The topological polar surface area (TPSA) is 50.4 Å². The van der Waals surface area contributed by atoms with Gasteiger partial charge in [-0.1, -0.05) is 11.6 Å². The smallest absolute Gasteiger partial charge is 0.227 e. The molecule has 2 rings (SSSR count). The first-order chi connectivity index (χ1) is 8.70. The Morgan fingerprint density at radius 2 is 2.17 bits per heavy atom. The highest BCUT2D eigenvalue weighted by atomic mass is 35.5. The molecule has 1 aliphatic heterocycles. The molecular weight excluding hydrogens is 252 g/mol. The maximum atomic E-state index is 12.0. The number of nitrogens with one attached hydrogen (secondary N) is 2. The van der Waals surface area contributed by atoms with Gasteiger partial charge in [0.1, 0.15) is 5.75 Å². The Labute approximate surface area is 112 Å². The predicted octanol–water partition coefficient (Wildman–Crippen LogP) is 2.29. The summed E-state index contributed by atoms with van der Waals surface area (Å²) in [5, 5.41) is 6.64. The molecule has 4 nitrogen and oxygen atoms in total. The second-order valence-corrected chi connectivity index (χ2v) is 4.77. The van der Waals surface area contributed by atoms with Gasteiger partial charge in [-0.25, -0.2) is 0 Å². The maximum absolute atomic E-state index is 12.0. The Bertz CT molecular complexity index is 431. The van der Waals surface area contributed by atoms with Gasteiger partial charge in [-0.15, -0.1) is 0 Å². The largest absolute Gasteiger partial charge is 0.495 e. The van der Waals surface area contributed by atoms with Gasteiger partial charge < -0.3 is 15.4 Å². The summed E-state index contributed by atoms with van der Waals surface area (Å²) in [5.74, 6) is 0.765. The van der Waals surface area contributed by atoms with E-state index >= 15 is 0 Å². The van der Waals surface area contributed by atoms with Gasteiger partial charge in [-0.3, -0.25) is 4.79 Å². The van der Waals surface area contributed by atoms with Crippen LogP contribution in [-0.4, -0.2) is 26.1 Å². The van der Waals surface area contributed by atoms with E-state index in [4.69, 9.17) is 16.3 Å². The third-order valence-corrected chi connectivity index (χ3v) is 3.42. The number of benzene rings is 1. The summed E-state index contributed by atoms with van der Waals surface area (Å²) in [5.41, 5.74) is 0.712. The number of carbonyl (C=O) groups excluding carboxylic acids is 1. The maximum Gasteiger partial charge on any atom is 0.227 e. The first-order valence-electron chi connectivity index (χ1n) is 6.06. The number of hydrogen-bond acceptors (Lipinski definition) is 3. The van der Waals surface area contributed by atoms with Crippen molar-refractivity contribution in [3.05, 3.63) is 23.2 Å². The first kappa shape index (κ1) is 13.2. The van der Waals surface area contributed by atoms with Gasteiger partial charge in [-0.05, 0) is 44.1 Å².